The van der Waals surface area contributed by atoms with Crippen molar-refractivity contribution >= 4 is 24.1 Å². The van der Waals surface area contributed by atoms with Crippen LogP contribution in [0, 0.1) is 0 Å². The third-order valence-electron chi connectivity index (χ3n) is 3.57. The number of rotatable bonds is 5. The maximum atomic E-state index is 12.1. The summed E-state index contributed by atoms with van der Waals surface area (Å²) in [5, 5.41) is 0. The molecule has 0 saturated carbocycles. The highest BCUT2D eigenvalue weighted by Gasteiger charge is 2.27. The number of ether oxygens (including phenoxy) is 1. The van der Waals surface area contributed by atoms with Crippen LogP contribution in [0.2, 0.25) is 0 Å². The second-order valence-corrected chi connectivity index (χ2v) is 4.99. The Hall–Kier alpha value is -1.59. The Labute approximate surface area is 130 Å². The van der Waals surface area contributed by atoms with Gasteiger partial charge in [0.25, 0.3) is 5.91 Å². The summed E-state index contributed by atoms with van der Waals surface area (Å²) in [5.74, 6) is 0.463. The van der Waals surface area contributed by atoms with Gasteiger partial charge >= 0.3 is 0 Å². The van der Waals surface area contributed by atoms with E-state index in [9.17, 15) is 9.59 Å². The fourth-order valence-electron chi connectivity index (χ4n) is 2.44. The molecule has 2 rings (SSSR count). The van der Waals surface area contributed by atoms with Crippen LogP contribution >= 0.6 is 12.4 Å². The number of halogens is 1. The van der Waals surface area contributed by atoms with Gasteiger partial charge in [-0.1, -0.05) is 12.1 Å². The molecular weight excluding hydrogens is 292 g/mol. The van der Waals surface area contributed by atoms with E-state index >= 15 is 0 Å². The van der Waals surface area contributed by atoms with Gasteiger partial charge in [0.1, 0.15) is 5.75 Å². The predicted octanol–water partition coefficient (Wildman–Crippen LogP) is 1.64. The van der Waals surface area contributed by atoms with Crippen LogP contribution in [-0.2, 0) is 4.79 Å². The van der Waals surface area contributed by atoms with E-state index in [1.807, 2.05) is 0 Å². The SMILES string of the molecule is CC(=O)c1cccc(OCC(=O)N2CCCC2CN)c1.Cl. The van der Waals surface area contributed by atoms with E-state index in [4.69, 9.17) is 10.5 Å². The Morgan fingerprint density at radius 3 is 2.86 bits per heavy atom. The summed E-state index contributed by atoms with van der Waals surface area (Å²) in [5.41, 5.74) is 6.23. The summed E-state index contributed by atoms with van der Waals surface area (Å²) < 4.78 is 5.48. The van der Waals surface area contributed by atoms with Crippen molar-refractivity contribution in [3.05, 3.63) is 29.8 Å². The van der Waals surface area contributed by atoms with Crippen molar-refractivity contribution in [3.63, 3.8) is 0 Å². The molecule has 1 fully saturated rings. The quantitative estimate of drug-likeness (QED) is 0.839. The number of nitrogens with zero attached hydrogens (tertiary/aromatic N) is 1. The lowest BCUT2D eigenvalue weighted by atomic mass is 10.1. The normalized spacial score (nSPS) is 17.2. The standard InChI is InChI=1S/C15H20N2O3.ClH/c1-11(18)12-4-2-6-14(8-12)20-10-15(19)17-7-3-5-13(17)9-16;/h2,4,6,8,13H,3,5,7,9-10,16H2,1H3;1H. The first-order chi connectivity index (χ1) is 9.61. The number of ketones is 1. The Bertz CT molecular complexity index is 507. The van der Waals surface area contributed by atoms with Gasteiger partial charge in [0.05, 0.1) is 0 Å². The summed E-state index contributed by atoms with van der Waals surface area (Å²) in [6.45, 7) is 2.72. The zero-order valence-corrected chi connectivity index (χ0v) is 12.9. The van der Waals surface area contributed by atoms with Gasteiger partial charge in [0, 0.05) is 24.7 Å². The molecule has 1 saturated heterocycles. The second kappa shape index (κ2) is 8.00. The summed E-state index contributed by atoms with van der Waals surface area (Å²) in [7, 11) is 0. The van der Waals surface area contributed by atoms with Gasteiger partial charge in [-0.15, -0.1) is 12.4 Å². The molecule has 0 bridgehead atoms. The van der Waals surface area contributed by atoms with Crippen LogP contribution in [0.15, 0.2) is 24.3 Å². The summed E-state index contributed by atoms with van der Waals surface area (Å²) in [6.07, 6.45) is 1.95. The van der Waals surface area contributed by atoms with Gasteiger partial charge < -0.3 is 15.4 Å². The van der Waals surface area contributed by atoms with Crippen molar-refractivity contribution in [3.8, 4) is 5.75 Å². The minimum atomic E-state index is -0.0498. The monoisotopic (exact) mass is 312 g/mol. The first-order valence-corrected chi connectivity index (χ1v) is 6.85. The summed E-state index contributed by atoms with van der Waals surface area (Å²) in [4.78, 5) is 25.2. The number of nitrogens with two attached hydrogens (primary N) is 1. The van der Waals surface area contributed by atoms with Crippen LogP contribution in [0.5, 0.6) is 5.75 Å². The van der Waals surface area contributed by atoms with Crippen molar-refractivity contribution in [2.45, 2.75) is 25.8 Å². The number of carbonyl (C=O) groups is 2. The molecule has 2 N–H and O–H groups in total. The van der Waals surface area contributed by atoms with Crippen LogP contribution in [-0.4, -0.2) is 42.3 Å². The number of Topliss-reactive ketones (excluding diaryl/α,β-unsaturated/α-hetero) is 1. The number of benzene rings is 1. The molecule has 1 aliphatic rings. The summed E-state index contributed by atoms with van der Waals surface area (Å²) in [6, 6.07) is 7.00. The van der Waals surface area contributed by atoms with Crippen molar-refractivity contribution < 1.29 is 14.3 Å². The lowest BCUT2D eigenvalue weighted by Gasteiger charge is -2.23. The van der Waals surface area contributed by atoms with Crippen molar-refractivity contribution in [2.75, 3.05) is 19.7 Å². The Morgan fingerprint density at radius 2 is 2.19 bits per heavy atom. The topological polar surface area (TPSA) is 72.6 Å². The van der Waals surface area contributed by atoms with Crippen molar-refractivity contribution in [2.24, 2.45) is 5.73 Å². The van der Waals surface area contributed by atoms with Crippen LogP contribution in [0.1, 0.15) is 30.1 Å². The fraction of sp³-hybridized carbons (Fsp3) is 0.467. The van der Waals surface area contributed by atoms with Gasteiger partial charge in [-0.25, -0.2) is 0 Å². The number of hydrogen-bond acceptors (Lipinski definition) is 4. The first kappa shape index (κ1) is 17.5. The number of amides is 1. The van der Waals surface area contributed by atoms with E-state index in [-0.39, 0.29) is 36.7 Å². The molecule has 1 unspecified atom stereocenters. The van der Waals surface area contributed by atoms with Gasteiger partial charge in [-0.2, -0.15) is 0 Å². The largest absolute Gasteiger partial charge is 0.484 e. The van der Waals surface area contributed by atoms with Gasteiger partial charge in [0.2, 0.25) is 0 Å². The highest BCUT2D eigenvalue weighted by molar-refractivity contribution is 5.94. The summed E-state index contributed by atoms with van der Waals surface area (Å²) >= 11 is 0. The maximum Gasteiger partial charge on any atom is 0.260 e. The molecule has 1 aromatic carbocycles. The lowest BCUT2D eigenvalue weighted by Crippen LogP contribution is -2.42. The van der Waals surface area contributed by atoms with Crippen LogP contribution < -0.4 is 10.5 Å². The average Bonchev–Trinajstić information content (AvgIpc) is 2.93. The van der Waals surface area contributed by atoms with Crippen LogP contribution in [0.25, 0.3) is 0 Å². The second-order valence-electron chi connectivity index (χ2n) is 4.99. The number of hydrogen-bond donors (Lipinski definition) is 1. The highest BCUT2D eigenvalue weighted by atomic mass is 35.5. The molecule has 116 valence electrons. The molecule has 1 atom stereocenters. The molecule has 5 nitrogen and oxygen atoms in total. The molecule has 21 heavy (non-hydrogen) atoms. The molecule has 0 aromatic heterocycles. The molecule has 6 heteroatoms. The zero-order chi connectivity index (χ0) is 14.5. The third-order valence-corrected chi connectivity index (χ3v) is 3.57. The molecule has 1 aromatic rings. The molecule has 1 amide bonds. The van der Waals surface area contributed by atoms with E-state index in [0.29, 0.717) is 17.9 Å². The van der Waals surface area contributed by atoms with E-state index in [2.05, 4.69) is 0 Å². The van der Waals surface area contributed by atoms with E-state index in [0.717, 1.165) is 19.4 Å². The zero-order valence-electron chi connectivity index (χ0n) is 12.1. The van der Waals surface area contributed by atoms with Gasteiger partial charge in [0.15, 0.2) is 12.4 Å². The van der Waals surface area contributed by atoms with E-state index in [1.54, 1.807) is 29.2 Å². The van der Waals surface area contributed by atoms with Gasteiger partial charge in [-0.05, 0) is 31.9 Å². The third kappa shape index (κ3) is 4.44. The van der Waals surface area contributed by atoms with Gasteiger partial charge in [-0.3, -0.25) is 9.59 Å². The van der Waals surface area contributed by atoms with Crippen LogP contribution in [0.4, 0.5) is 0 Å². The molecule has 1 aliphatic heterocycles. The van der Waals surface area contributed by atoms with Crippen LogP contribution in [0.3, 0.4) is 0 Å². The number of likely N-dealkylation sites (tertiary alicyclic amines) is 1. The molecule has 0 radical (unpaired) electrons. The molecule has 0 aliphatic carbocycles. The average molecular weight is 313 g/mol. The van der Waals surface area contributed by atoms with Crippen molar-refractivity contribution in [1.29, 1.82) is 0 Å². The molecular formula is C15H21ClN2O3. The maximum absolute atomic E-state index is 12.1. The van der Waals surface area contributed by atoms with Crippen molar-refractivity contribution in [1.82, 2.24) is 4.90 Å². The molecule has 0 spiro atoms. The van der Waals surface area contributed by atoms with E-state index < -0.39 is 0 Å². The lowest BCUT2D eigenvalue weighted by molar-refractivity contribution is -0.134. The Balaban J connectivity index is 0.00000220. The highest BCUT2D eigenvalue weighted by Crippen LogP contribution is 2.18. The minimum absolute atomic E-state index is 0. The smallest absolute Gasteiger partial charge is 0.260 e. The fourth-order valence-corrected chi connectivity index (χ4v) is 2.44. The Morgan fingerprint density at radius 1 is 1.43 bits per heavy atom. The van der Waals surface area contributed by atoms with E-state index in [1.165, 1.54) is 6.92 Å². The first-order valence-electron chi connectivity index (χ1n) is 6.85. The Kier molecular flexibility index (Phi) is 6.65. The predicted molar refractivity (Wildman–Crippen MR) is 83.0 cm³/mol. The minimum Gasteiger partial charge on any atom is -0.484 e. The molecule has 1 heterocycles. The number of carbonyl (C=O) groups excluding carboxylic acids is 2.